The second kappa shape index (κ2) is 15.8. The van der Waals surface area contributed by atoms with Gasteiger partial charge in [-0.15, -0.1) is 11.3 Å². The normalized spacial score (nSPS) is 19.8. The first-order chi connectivity index (χ1) is 50.6. The Morgan fingerprint density at radius 1 is 0.480 bits per heavy atom. The van der Waals surface area contributed by atoms with Crippen LogP contribution in [-0.4, -0.2) is 11.3 Å². The Bertz CT molecular complexity index is 6260. The smallest absolute Gasteiger partial charge is 0.252 e. The van der Waals surface area contributed by atoms with Crippen molar-refractivity contribution in [1.82, 2.24) is 4.57 Å². The molecule has 2 aromatic heterocycles. The van der Waals surface area contributed by atoms with Crippen molar-refractivity contribution in [3.8, 4) is 16.8 Å². The van der Waals surface area contributed by atoms with Crippen molar-refractivity contribution in [2.45, 2.75) is 59.3 Å². The van der Waals surface area contributed by atoms with Gasteiger partial charge in [0.25, 0.3) is 6.71 Å². The lowest BCUT2D eigenvalue weighted by Crippen LogP contribution is -2.61. The van der Waals surface area contributed by atoms with Gasteiger partial charge in [-0.2, -0.15) is 0 Å². The van der Waals surface area contributed by atoms with Gasteiger partial charge in [0, 0.05) is 70.8 Å². The molecule has 0 amide bonds. The Labute approximate surface area is 491 Å². The summed E-state index contributed by atoms with van der Waals surface area (Å²) in [5.74, 6) is 0. The first-order valence-corrected chi connectivity index (χ1v) is 24.5. The Morgan fingerprint density at radius 2 is 1.08 bits per heavy atom. The average molecular weight is 1020 g/mol. The fourth-order valence-corrected chi connectivity index (χ4v) is 11.2. The summed E-state index contributed by atoms with van der Waals surface area (Å²) in [4.78, 5) is 2.44. The van der Waals surface area contributed by atoms with Gasteiger partial charge in [0.1, 0.15) is 0 Å². The number of fused-ring (bicyclic) bond motifs is 12. The van der Waals surface area contributed by atoms with Crippen molar-refractivity contribution in [2.24, 2.45) is 0 Å². The van der Waals surface area contributed by atoms with Crippen LogP contribution < -0.4 is 31.1 Å². The summed E-state index contributed by atoms with van der Waals surface area (Å²) in [5, 5.41) is -1.45. The van der Waals surface area contributed by atoms with E-state index < -0.39 is 318 Å². The number of para-hydroxylation sites is 3. The number of nitrogens with zero attached hydrogens (tertiary/aromatic N) is 4. The molecule has 0 N–H and O–H groups in total. The van der Waals surface area contributed by atoms with Crippen LogP contribution in [0.4, 0.5) is 51.2 Å². The Morgan fingerprint density at radius 3 is 1.80 bits per heavy atom. The minimum atomic E-state index is -2.11. The molecule has 0 fully saturated rings. The Hall–Kier alpha value is -8.32. The zero-order valence-electron chi connectivity index (χ0n) is 74.8. The van der Waals surface area contributed by atoms with E-state index in [2.05, 4.69) is 0 Å². The molecule has 0 aliphatic carbocycles. The van der Waals surface area contributed by atoms with E-state index in [1.807, 2.05) is 0 Å². The predicted octanol–water partition coefficient (Wildman–Crippen LogP) is 17.6. The third kappa shape index (κ3) is 6.48. The molecule has 0 bridgehead atoms. The molecule has 4 nitrogen and oxygen atoms in total. The van der Waals surface area contributed by atoms with Crippen molar-refractivity contribution >= 4 is 128 Å². The number of rotatable bonds is 5. The molecule has 0 atom stereocenters. The molecular weight excluding hydrogens is 928 g/mol. The summed E-state index contributed by atoms with van der Waals surface area (Å²) in [6.07, 6.45) is 0. The van der Waals surface area contributed by atoms with E-state index in [4.69, 9.17) is 11.0 Å². The molecule has 0 spiro atoms. The molecule has 0 unspecified atom stereocenters. The molecule has 3 aliphatic heterocycles. The molecule has 3 aliphatic rings. The molecule has 0 saturated heterocycles. The molecule has 10 aromatic carbocycles. The highest BCUT2D eigenvalue weighted by molar-refractivity contribution is 7.26. The lowest BCUT2D eigenvalue weighted by atomic mass is 9.33. The van der Waals surface area contributed by atoms with Crippen LogP contribution in [0.1, 0.15) is 105 Å². The summed E-state index contributed by atoms with van der Waals surface area (Å²) in [7, 11) is 0. The Kier molecular flexibility index (Phi) is 4.62. The fourth-order valence-electron chi connectivity index (χ4n) is 10.2. The van der Waals surface area contributed by atoms with E-state index in [-0.39, 0.29) is 47.8 Å². The van der Waals surface area contributed by atoms with Crippen LogP contribution >= 0.6 is 11.3 Å². The highest BCUT2D eigenvalue weighted by Gasteiger charge is 2.46. The summed E-state index contributed by atoms with van der Waals surface area (Å²) >= 11 is 0.634. The molecule has 5 heterocycles. The van der Waals surface area contributed by atoms with E-state index in [1.165, 1.54) is 6.92 Å². The highest BCUT2D eigenvalue weighted by atomic mass is 32.1. The van der Waals surface area contributed by atoms with E-state index in [0.717, 1.165) is 14.4 Å². The summed E-state index contributed by atoms with van der Waals surface area (Å²) < 4.78 is 332. The lowest BCUT2D eigenvalue weighted by Gasteiger charge is -2.46. The molecule has 0 saturated carbocycles. The minimum absolute atomic E-state index is 0.174. The van der Waals surface area contributed by atoms with Gasteiger partial charge in [0.2, 0.25) is 0 Å². The molecule has 75 heavy (non-hydrogen) atoms. The van der Waals surface area contributed by atoms with Gasteiger partial charge in [-0.1, -0.05) is 156 Å². The summed E-state index contributed by atoms with van der Waals surface area (Å²) in [6, 6.07) is -29.9. The van der Waals surface area contributed by atoms with E-state index in [1.54, 1.807) is 41.5 Å². The van der Waals surface area contributed by atoms with Crippen LogP contribution in [0.5, 0.6) is 0 Å². The quantitative estimate of drug-likeness (QED) is 0.160. The maximum absolute atomic E-state index is 11.1. The topological polar surface area (TPSA) is 14.7 Å². The maximum atomic E-state index is 11.1. The van der Waals surface area contributed by atoms with Crippen LogP contribution in [0.2, 0.25) is 0 Å². The molecule has 12 aromatic rings. The van der Waals surface area contributed by atoms with Crippen molar-refractivity contribution in [2.75, 3.05) is 14.7 Å². The van der Waals surface area contributed by atoms with E-state index >= 15 is 0 Å². The van der Waals surface area contributed by atoms with Crippen molar-refractivity contribution in [1.29, 1.82) is 0 Å². The predicted molar refractivity (Wildman–Crippen MR) is 324 cm³/mol. The van der Waals surface area contributed by atoms with E-state index in [9.17, 15) is 35.6 Å². The SMILES string of the molecule is [2H]c1c([2H])c2c3c(c1[2H])-n1c4c([2H])c([2H])c([2H])c([2H])c4c4c([2H])c([2H])c([2H])c(c41)N3c1c([2H])c(C)c([2H])c3c1B2c1c([2H])c([2H])c(N(c2c([2H])c([2H])c(C(C)(C)C)c([2H])c2[2H])c2c([2H])c([2H])c(C(C)(C)C)c([2H])c2[2H])c([2H])c1N3c1c([2H])c([2H])c(-c2c([2H])c([2H])c([2H])c3sc4c([2H])c([2H])c([2H])c([2H])c4c23)c([2H])c1[2H]. The molecule has 0 radical (unpaired) electrons. The summed E-state index contributed by atoms with van der Waals surface area (Å²) in [5.41, 5.74) is -14.5. The van der Waals surface area contributed by atoms with E-state index in [0.29, 0.717) is 16.2 Å². The highest BCUT2D eigenvalue weighted by Crippen LogP contribution is 2.53. The fraction of sp³-hybridized carbons (Fsp3) is 0.130. The lowest BCUT2D eigenvalue weighted by molar-refractivity contribution is 0.590. The standard InChI is InChI=1S/C69H55BN4S/c1-42-39-60-65-61(40-42)74-57-21-12-18-52-51-15-8-10-20-56(51)73(66(52)57)58-22-14-19-55(67(58)74)70(65)54-38-37-49(71(46-33-27-44(28-34-46)68(2,3)4)47-35-29-45(30-36-47)69(5,6)7)41-59(54)72(60)48-31-25-43(26-32-48)50-17-13-24-63-64(50)53-16-9-11-23-62(53)75-63/h8-41H,1-7H3/i8D,9D,10D,11D,12D,13D,14D,15D,16D,17D,18D,19D,20D,21D,22D,23D,24D,25D,26D,27D,28D,29D,30D,31D,32D,33D,34D,35D,36D,37D,38D,39D,40D,41D. The van der Waals surface area contributed by atoms with Gasteiger partial charge < -0.3 is 19.3 Å². The zero-order chi connectivity index (χ0) is 80.2. The van der Waals surface area contributed by atoms with Gasteiger partial charge >= 0.3 is 0 Å². The molecule has 360 valence electrons. The number of anilines is 9. The number of hydrogen-bond donors (Lipinski definition) is 0. The van der Waals surface area contributed by atoms with Gasteiger partial charge in [-0.05, 0) is 153 Å². The molecule has 15 rings (SSSR count). The van der Waals surface area contributed by atoms with Crippen molar-refractivity contribution < 1.29 is 46.6 Å². The van der Waals surface area contributed by atoms with Crippen LogP contribution in [0.15, 0.2) is 205 Å². The molecule has 6 heteroatoms. The largest absolute Gasteiger partial charge is 0.311 e. The monoisotopic (exact) mass is 1020 g/mol. The van der Waals surface area contributed by atoms with Gasteiger partial charge in [0.05, 0.1) is 74.7 Å². The number of aromatic nitrogens is 1. The second-order valence-corrected chi connectivity index (χ2v) is 21.4. The van der Waals surface area contributed by atoms with Gasteiger partial charge in [-0.25, -0.2) is 0 Å². The van der Waals surface area contributed by atoms with Crippen LogP contribution in [0.3, 0.4) is 0 Å². The number of thiophene rings is 1. The van der Waals surface area contributed by atoms with Gasteiger partial charge in [-0.3, -0.25) is 0 Å². The van der Waals surface area contributed by atoms with Crippen LogP contribution in [-0.2, 0) is 10.8 Å². The number of hydrogen-bond acceptors (Lipinski definition) is 4. The van der Waals surface area contributed by atoms with Crippen LogP contribution in [0.25, 0.3) is 58.8 Å². The first kappa shape index (κ1) is 21.9. The third-order valence-electron chi connectivity index (χ3n) is 13.6. The third-order valence-corrected chi connectivity index (χ3v) is 14.6. The first-order valence-electron chi connectivity index (χ1n) is 40.7. The minimum Gasteiger partial charge on any atom is -0.311 e. The number of benzene rings is 10. The maximum Gasteiger partial charge on any atom is 0.252 e. The van der Waals surface area contributed by atoms with Crippen LogP contribution in [0, 0.1) is 6.92 Å². The van der Waals surface area contributed by atoms with Gasteiger partial charge in [0.15, 0.2) is 0 Å². The summed E-state index contributed by atoms with van der Waals surface area (Å²) in [6.45, 7) is 8.65. The Balaban J connectivity index is 1.19. The zero-order valence-corrected chi connectivity index (χ0v) is 41.6. The van der Waals surface area contributed by atoms with Crippen molar-refractivity contribution in [3.05, 3.63) is 222 Å². The molecular formula is C69H55BN4S. The van der Waals surface area contributed by atoms with Crippen molar-refractivity contribution in [3.63, 3.8) is 0 Å². The second-order valence-electron chi connectivity index (χ2n) is 20.3. The average Bonchev–Trinajstić information content (AvgIpc) is 1.61.